The van der Waals surface area contributed by atoms with Crippen LogP contribution in [0.25, 0.3) is 0 Å². The molecule has 3 amide bonds. The van der Waals surface area contributed by atoms with Gasteiger partial charge in [-0.15, -0.1) is 0 Å². The van der Waals surface area contributed by atoms with E-state index in [2.05, 4.69) is 21.2 Å². The topological polar surface area (TPSA) is 118 Å². The fourth-order valence-corrected chi connectivity index (χ4v) is 2.95. The molecule has 0 fully saturated rings. The number of hydrogen-bond acceptors (Lipinski definition) is 6. The van der Waals surface area contributed by atoms with Gasteiger partial charge in [0.05, 0.1) is 12.8 Å². The number of hydrogen-bond donors (Lipinski definition) is 3. The number of amides is 3. The molecule has 0 bridgehead atoms. The highest BCUT2D eigenvalue weighted by Gasteiger charge is 2.12. The summed E-state index contributed by atoms with van der Waals surface area (Å²) < 4.78 is 11.3. The molecule has 0 saturated heterocycles. The van der Waals surface area contributed by atoms with Crippen molar-refractivity contribution in [2.45, 2.75) is 40.0 Å². The number of nitrogens with one attached hydrogen (secondary N) is 3. The van der Waals surface area contributed by atoms with E-state index in [-0.39, 0.29) is 12.5 Å². The molecule has 34 heavy (non-hydrogen) atoms. The smallest absolute Gasteiger partial charge is 0.329 e. The molecule has 0 aromatic heterocycles. The lowest BCUT2D eigenvalue weighted by atomic mass is 10.1. The molecule has 9 nitrogen and oxygen atoms in total. The van der Waals surface area contributed by atoms with Crippen LogP contribution in [0.3, 0.4) is 0 Å². The van der Waals surface area contributed by atoms with E-state index in [1.54, 1.807) is 18.2 Å². The van der Waals surface area contributed by atoms with E-state index in [0.717, 1.165) is 30.5 Å². The van der Waals surface area contributed by atoms with Crippen molar-refractivity contribution in [1.29, 1.82) is 0 Å². The minimum absolute atomic E-state index is 0.186. The van der Waals surface area contributed by atoms with Gasteiger partial charge in [0, 0.05) is 12.2 Å². The highest BCUT2D eigenvalue weighted by Crippen LogP contribution is 2.28. The average molecular weight is 469 g/mol. The number of aryl methyl sites for hydroxylation is 1. The number of ether oxygens (including phenoxy) is 2. The van der Waals surface area contributed by atoms with Gasteiger partial charge in [0.15, 0.2) is 18.1 Å². The number of benzene rings is 2. The first-order valence-corrected chi connectivity index (χ1v) is 11.4. The van der Waals surface area contributed by atoms with Crippen molar-refractivity contribution >= 4 is 29.6 Å². The van der Waals surface area contributed by atoms with E-state index in [0.29, 0.717) is 30.2 Å². The van der Waals surface area contributed by atoms with Crippen LogP contribution >= 0.6 is 0 Å². The van der Waals surface area contributed by atoms with Crippen LogP contribution in [-0.4, -0.2) is 43.7 Å². The van der Waals surface area contributed by atoms with E-state index >= 15 is 0 Å². The number of nitrogens with zero attached hydrogens (tertiary/aromatic N) is 1. The van der Waals surface area contributed by atoms with Gasteiger partial charge in [0.2, 0.25) is 0 Å². The van der Waals surface area contributed by atoms with Crippen LogP contribution in [0.2, 0.25) is 0 Å². The Morgan fingerprint density at radius 1 is 0.971 bits per heavy atom. The lowest BCUT2D eigenvalue weighted by Gasteiger charge is -2.13. The van der Waals surface area contributed by atoms with Gasteiger partial charge in [-0.2, -0.15) is 5.10 Å². The largest absolute Gasteiger partial charge is 0.490 e. The van der Waals surface area contributed by atoms with Gasteiger partial charge in [-0.3, -0.25) is 14.4 Å². The summed E-state index contributed by atoms with van der Waals surface area (Å²) >= 11 is 0. The third-order valence-corrected chi connectivity index (χ3v) is 4.70. The molecule has 0 aliphatic rings. The fourth-order valence-electron chi connectivity index (χ4n) is 2.95. The van der Waals surface area contributed by atoms with Crippen molar-refractivity contribution in [2.24, 2.45) is 5.10 Å². The lowest BCUT2D eigenvalue weighted by Crippen LogP contribution is -2.38. The highest BCUT2D eigenvalue weighted by atomic mass is 16.5. The van der Waals surface area contributed by atoms with Crippen LogP contribution in [0, 0.1) is 0 Å². The summed E-state index contributed by atoms with van der Waals surface area (Å²) in [5.41, 5.74) is 4.61. The third-order valence-electron chi connectivity index (χ3n) is 4.70. The van der Waals surface area contributed by atoms with Gasteiger partial charge in [-0.25, -0.2) is 5.43 Å². The van der Waals surface area contributed by atoms with E-state index in [1.165, 1.54) is 6.21 Å². The second kappa shape index (κ2) is 14.3. The lowest BCUT2D eigenvalue weighted by molar-refractivity contribution is -0.139. The molecule has 182 valence electrons. The summed E-state index contributed by atoms with van der Waals surface area (Å²) in [7, 11) is 0. The molecular formula is C25H32N4O5. The van der Waals surface area contributed by atoms with Gasteiger partial charge in [0.25, 0.3) is 5.91 Å². The van der Waals surface area contributed by atoms with E-state index in [9.17, 15) is 14.4 Å². The second-order valence-electron chi connectivity index (χ2n) is 7.30. The predicted molar refractivity (Wildman–Crippen MR) is 131 cm³/mol. The SMILES string of the molecule is CCCCNC(=O)C(=O)N/N=C\c1ccc(OCC(=O)Nc2ccccc2CC)c(OCC)c1. The Kier molecular flexibility index (Phi) is 11.1. The molecule has 0 saturated carbocycles. The number of hydrazone groups is 1. The Morgan fingerprint density at radius 3 is 2.50 bits per heavy atom. The first kappa shape index (κ1) is 26.4. The van der Waals surface area contributed by atoms with Crippen molar-refractivity contribution in [2.75, 3.05) is 25.1 Å². The average Bonchev–Trinajstić information content (AvgIpc) is 2.84. The first-order valence-electron chi connectivity index (χ1n) is 11.4. The Morgan fingerprint density at radius 2 is 1.76 bits per heavy atom. The molecule has 3 N–H and O–H groups in total. The molecule has 9 heteroatoms. The molecule has 0 spiro atoms. The van der Waals surface area contributed by atoms with Crippen molar-refractivity contribution in [1.82, 2.24) is 10.7 Å². The number of para-hydroxylation sites is 1. The maximum absolute atomic E-state index is 12.4. The van der Waals surface area contributed by atoms with Gasteiger partial charge in [0.1, 0.15) is 0 Å². The Balaban J connectivity index is 1.95. The molecular weight excluding hydrogens is 436 g/mol. The molecule has 0 atom stereocenters. The van der Waals surface area contributed by atoms with Crippen molar-refractivity contribution < 1.29 is 23.9 Å². The summed E-state index contributed by atoms with van der Waals surface area (Å²) in [6, 6.07) is 12.6. The Labute approximate surface area is 199 Å². The number of anilines is 1. The zero-order valence-electron chi connectivity index (χ0n) is 19.8. The normalized spacial score (nSPS) is 10.6. The Hall–Kier alpha value is -3.88. The summed E-state index contributed by atoms with van der Waals surface area (Å²) in [6.45, 7) is 6.49. The maximum Gasteiger partial charge on any atom is 0.329 e. The van der Waals surface area contributed by atoms with Crippen LogP contribution in [0.15, 0.2) is 47.6 Å². The summed E-state index contributed by atoms with van der Waals surface area (Å²) in [6.07, 6.45) is 3.90. The Bertz CT molecular complexity index is 1010. The van der Waals surface area contributed by atoms with Gasteiger partial charge < -0.3 is 20.1 Å². The fraction of sp³-hybridized carbons (Fsp3) is 0.360. The number of carbonyl (C=O) groups excluding carboxylic acids is 3. The van der Waals surface area contributed by atoms with E-state index < -0.39 is 11.8 Å². The molecule has 0 heterocycles. The van der Waals surface area contributed by atoms with E-state index in [4.69, 9.17) is 9.47 Å². The van der Waals surface area contributed by atoms with Crippen LogP contribution in [-0.2, 0) is 20.8 Å². The molecule has 2 aromatic carbocycles. The van der Waals surface area contributed by atoms with Crippen LogP contribution in [0.4, 0.5) is 5.69 Å². The predicted octanol–water partition coefficient (Wildman–Crippen LogP) is 3.03. The number of unbranched alkanes of at least 4 members (excludes halogenated alkanes) is 1. The molecule has 2 rings (SSSR count). The monoisotopic (exact) mass is 468 g/mol. The molecule has 0 aliphatic heterocycles. The van der Waals surface area contributed by atoms with Crippen molar-refractivity contribution in [3.8, 4) is 11.5 Å². The third kappa shape index (κ3) is 8.57. The first-order chi connectivity index (χ1) is 16.5. The van der Waals surface area contributed by atoms with Gasteiger partial charge in [-0.05, 0) is 55.2 Å². The molecule has 0 aliphatic carbocycles. The van der Waals surface area contributed by atoms with Gasteiger partial charge in [-0.1, -0.05) is 38.5 Å². The van der Waals surface area contributed by atoms with Crippen LogP contribution < -0.4 is 25.5 Å². The highest BCUT2D eigenvalue weighted by molar-refractivity contribution is 6.35. The molecule has 0 radical (unpaired) electrons. The minimum atomic E-state index is -0.840. The number of rotatable bonds is 12. The van der Waals surface area contributed by atoms with Crippen molar-refractivity contribution in [3.63, 3.8) is 0 Å². The second-order valence-corrected chi connectivity index (χ2v) is 7.30. The standard InChI is InChI=1S/C25H32N4O5/c1-4-7-14-26-24(31)25(32)29-27-16-18-12-13-21(22(15-18)33-6-3)34-17-23(30)28-20-11-9-8-10-19(20)5-2/h8-13,15-16H,4-7,14,17H2,1-3H3,(H,26,31)(H,28,30)(H,29,32)/b27-16-. The summed E-state index contributed by atoms with van der Waals surface area (Å²) in [5, 5.41) is 9.19. The summed E-state index contributed by atoms with van der Waals surface area (Å²) in [4.78, 5) is 35.8. The zero-order chi connectivity index (χ0) is 24.8. The number of carbonyl (C=O) groups is 3. The van der Waals surface area contributed by atoms with Crippen molar-refractivity contribution in [3.05, 3.63) is 53.6 Å². The van der Waals surface area contributed by atoms with E-state index in [1.807, 2.05) is 45.0 Å². The molecule has 2 aromatic rings. The maximum atomic E-state index is 12.4. The quantitative estimate of drug-likeness (QED) is 0.192. The zero-order valence-corrected chi connectivity index (χ0v) is 19.8. The van der Waals surface area contributed by atoms with Gasteiger partial charge >= 0.3 is 11.8 Å². The molecule has 0 unspecified atom stereocenters. The van der Waals surface area contributed by atoms with Crippen LogP contribution in [0.5, 0.6) is 11.5 Å². The summed E-state index contributed by atoms with van der Waals surface area (Å²) in [5.74, 6) is -1.03. The minimum Gasteiger partial charge on any atom is -0.490 e. The van der Waals surface area contributed by atoms with Crippen LogP contribution in [0.1, 0.15) is 44.7 Å².